The zero-order valence-electron chi connectivity index (χ0n) is 9.33. The number of aryl methyl sites for hydroxylation is 1. The first-order valence-electron chi connectivity index (χ1n) is 5.16. The van der Waals surface area contributed by atoms with E-state index in [2.05, 4.69) is 6.58 Å². The molecule has 0 fully saturated rings. The average molecular weight is 222 g/mol. The zero-order valence-corrected chi connectivity index (χ0v) is 9.33. The number of hydrogen-bond acceptors (Lipinski definition) is 2. The summed E-state index contributed by atoms with van der Waals surface area (Å²) >= 11 is 0. The van der Waals surface area contributed by atoms with Gasteiger partial charge in [0.05, 0.1) is 6.61 Å². The van der Waals surface area contributed by atoms with E-state index in [1.54, 1.807) is 13.0 Å². The fourth-order valence-corrected chi connectivity index (χ4v) is 1.26. The minimum absolute atomic E-state index is 0.239. The van der Waals surface area contributed by atoms with Crippen LogP contribution in [0.2, 0.25) is 0 Å². The second-order valence-electron chi connectivity index (χ2n) is 3.65. The molecule has 0 unspecified atom stereocenters. The molecule has 0 atom stereocenters. The molecule has 0 aliphatic heterocycles. The summed E-state index contributed by atoms with van der Waals surface area (Å²) < 4.78 is 17.7. The van der Waals surface area contributed by atoms with Crippen molar-refractivity contribution in [3.63, 3.8) is 0 Å². The van der Waals surface area contributed by atoms with Crippen LogP contribution in [-0.2, 0) is 16.0 Å². The molecule has 0 amide bonds. The SMILES string of the molecule is C=C(C)C(=O)OCCCc1cccc(F)c1. The summed E-state index contributed by atoms with van der Waals surface area (Å²) in [6.07, 6.45) is 1.38. The van der Waals surface area contributed by atoms with Gasteiger partial charge in [0.1, 0.15) is 5.82 Å². The van der Waals surface area contributed by atoms with E-state index in [0.29, 0.717) is 25.0 Å². The summed E-state index contributed by atoms with van der Waals surface area (Å²) in [6.45, 7) is 5.42. The Morgan fingerprint density at radius 1 is 1.50 bits per heavy atom. The van der Waals surface area contributed by atoms with Crippen molar-refractivity contribution in [2.45, 2.75) is 19.8 Å². The lowest BCUT2D eigenvalue weighted by Gasteiger charge is -2.04. The summed E-state index contributed by atoms with van der Waals surface area (Å²) in [5.41, 5.74) is 1.30. The molecule has 0 saturated carbocycles. The quantitative estimate of drug-likeness (QED) is 0.435. The smallest absolute Gasteiger partial charge is 0.333 e. The highest BCUT2D eigenvalue weighted by atomic mass is 19.1. The molecular weight excluding hydrogens is 207 g/mol. The van der Waals surface area contributed by atoms with Crippen LogP contribution in [0.25, 0.3) is 0 Å². The highest BCUT2D eigenvalue weighted by Gasteiger charge is 2.02. The molecule has 0 aliphatic rings. The van der Waals surface area contributed by atoms with Crippen LogP contribution in [0.3, 0.4) is 0 Å². The highest BCUT2D eigenvalue weighted by molar-refractivity contribution is 5.86. The summed E-state index contributed by atoms with van der Waals surface area (Å²) in [4.78, 5) is 11.0. The third-order valence-corrected chi connectivity index (χ3v) is 2.08. The van der Waals surface area contributed by atoms with Crippen molar-refractivity contribution in [3.05, 3.63) is 47.8 Å². The molecular formula is C13H15FO2. The molecule has 0 radical (unpaired) electrons. The molecule has 0 bridgehead atoms. The Kier molecular flexibility index (Phi) is 4.70. The lowest BCUT2D eigenvalue weighted by molar-refractivity contribution is -0.139. The van der Waals surface area contributed by atoms with E-state index in [1.807, 2.05) is 6.07 Å². The highest BCUT2D eigenvalue weighted by Crippen LogP contribution is 2.06. The predicted molar refractivity (Wildman–Crippen MR) is 60.5 cm³/mol. The lowest BCUT2D eigenvalue weighted by Crippen LogP contribution is -2.06. The largest absolute Gasteiger partial charge is 0.462 e. The van der Waals surface area contributed by atoms with Crippen LogP contribution >= 0.6 is 0 Å². The second kappa shape index (κ2) is 6.05. The number of carbonyl (C=O) groups excluding carboxylic acids is 1. The number of ether oxygens (including phenoxy) is 1. The fourth-order valence-electron chi connectivity index (χ4n) is 1.26. The van der Waals surface area contributed by atoms with Crippen molar-refractivity contribution in [1.29, 1.82) is 0 Å². The van der Waals surface area contributed by atoms with Crippen molar-refractivity contribution in [2.75, 3.05) is 6.61 Å². The molecule has 0 saturated heterocycles. The van der Waals surface area contributed by atoms with Gasteiger partial charge in [-0.3, -0.25) is 0 Å². The maximum Gasteiger partial charge on any atom is 0.333 e. The van der Waals surface area contributed by atoms with Gasteiger partial charge in [-0.25, -0.2) is 9.18 Å². The van der Waals surface area contributed by atoms with Crippen molar-refractivity contribution in [2.24, 2.45) is 0 Å². The van der Waals surface area contributed by atoms with Crippen LogP contribution in [0.5, 0.6) is 0 Å². The van der Waals surface area contributed by atoms with Gasteiger partial charge in [-0.2, -0.15) is 0 Å². The third kappa shape index (κ3) is 4.26. The summed E-state index contributed by atoms with van der Waals surface area (Å²) in [5, 5.41) is 0. The number of esters is 1. The molecule has 1 aromatic rings. The minimum Gasteiger partial charge on any atom is -0.462 e. The Hall–Kier alpha value is -1.64. The van der Waals surface area contributed by atoms with Gasteiger partial charge in [0.2, 0.25) is 0 Å². The average Bonchev–Trinajstić information content (AvgIpc) is 2.24. The van der Waals surface area contributed by atoms with E-state index in [1.165, 1.54) is 12.1 Å². The van der Waals surface area contributed by atoms with Crippen molar-refractivity contribution in [3.8, 4) is 0 Å². The Morgan fingerprint density at radius 2 is 2.25 bits per heavy atom. The van der Waals surface area contributed by atoms with Gasteiger partial charge in [-0.05, 0) is 37.5 Å². The van der Waals surface area contributed by atoms with E-state index in [9.17, 15) is 9.18 Å². The first kappa shape index (κ1) is 12.4. The molecule has 0 aliphatic carbocycles. The van der Waals surface area contributed by atoms with Gasteiger partial charge in [0.25, 0.3) is 0 Å². The molecule has 3 heteroatoms. The Labute approximate surface area is 94.7 Å². The first-order chi connectivity index (χ1) is 7.59. The van der Waals surface area contributed by atoms with Gasteiger partial charge in [0, 0.05) is 5.57 Å². The molecule has 1 aromatic carbocycles. The van der Waals surface area contributed by atoms with Crippen LogP contribution < -0.4 is 0 Å². The van der Waals surface area contributed by atoms with E-state index in [-0.39, 0.29) is 11.8 Å². The van der Waals surface area contributed by atoms with Crippen LogP contribution in [0.15, 0.2) is 36.4 Å². The monoisotopic (exact) mass is 222 g/mol. The number of carbonyl (C=O) groups is 1. The molecule has 0 N–H and O–H groups in total. The maximum absolute atomic E-state index is 12.8. The molecule has 16 heavy (non-hydrogen) atoms. The van der Waals surface area contributed by atoms with Crippen molar-refractivity contribution in [1.82, 2.24) is 0 Å². The van der Waals surface area contributed by atoms with Crippen LogP contribution in [-0.4, -0.2) is 12.6 Å². The zero-order chi connectivity index (χ0) is 12.0. The van der Waals surface area contributed by atoms with E-state index in [0.717, 1.165) is 5.56 Å². The van der Waals surface area contributed by atoms with E-state index >= 15 is 0 Å². The Morgan fingerprint density at radius 3 is 2.88 bits per heavy atom. The number of halogens is 1. The Bertz CT molecular complexity index is 385. The number of hydrogen-bond donors (Lipinski definition) is 0. The molecule has 86 valence electrons. The fraction of sp³-hybridized carbons (Fsp3) is 0.308. The van der Waals surface area contributed by atoms with Crippen molar-refractivity contribution >= 4 is 5.97 Å². The predicted octanol–water partition coefficient (Wildman–Crippen LogP) is 2.88. The standard InChI is InChI=1S/C13H15FO2/c1-10(2)13(15)16-8-4-6-11-5-3-7-12(14)9-11/h3,5,7,9H,1,4,6,8H2,2H3. The minimum atomic E-state index is -0.376. The van der Waals surface area contributed by atoms with Gasteiger partial charge < -0.3 is 4.74 Å². The Balaban J connectivity index is 2.26. The number of rotatable bonds is 5. The lowest BCUT2D eigenvalue weighted by atomic mass is 10.1. The second-order valence-corrected chi connectivity index (χ2v) is 3.65. The van der Waals surface area contributed by atoms with Crippen LogP contribution in [0, 0.1) is 5.82 Å². The molecule has 1 rings (SSSR count). The summed E-state index contributed by atoms with van der Waals surface area (Å²) in [7, 11) is 0. The molecule has 2 nitrogen and oxygen atoms in total. The van der Waals surface area contributed by atoms with Gasteiger partial charge in [-0.15, -0.1) is 0 Å². The molecule has 0 spiro atoms. The van der Waals surface area contributed by atoms with E-state index < -0.39 is 0 Å². The van der Waals surface area contributed by atoms with Crippen LogP contribution in [0.1, 0.15) is 18.9 Å². The van der Waals surface area contributed by atoms with Gasteiger partial charge in [-0.1, -0.05) is 18.7 Å². The van der Waals surface area contributed by atoms with Gasteiger partial charge in [0.15, 0.2) is 0 Å². The van der Waals surface area contributed by atoms with Crippen LogP contribution in [0.4, 0.5) is 4.39 Å². The van der Waals surface area contributed by atoms with Crippen molar-refractivity contribution < 1.29 is 13.9 Å². The normalized spacial score (nSPS) is 9.88. The molecule has 0 heterocycles. The van der Waals surface area contributed by atoms with Gasteiger partial charge >= 0.3 is 5.97 Å². The maximum atomic E-state index is 12.8. The summed E-state index contributed by atoms with van der Waals surface area (Å²) in [6, 6.07) is 6.42. The molecule has 0 aromatic heterocycles. The first-order valence-corrected chi connectivity index (χ1v) is 5.16. The topological polar surface area (TPSA) is 26.3 Å². The number of benzene rings is 1. The third-order valence-electron chi connectivity index (χ3n) is 2.08. The van der Waals surface area contributed by atoms with E-state index in [4.69, 9.17) is 4.74 Å². The summed E-state index contributed by atoms with van der Waals surface area (Å²) in [5.74, 6) is -0.615.